The molecule has 0 fully saturated rings. The Morgan fingerprint density at radius 3 is 1.97 bits per heavy atom. The Morgan fingerprint density at radius 1 is 0.935 bits per heavy atom. The summed E-state index contributed by atoms with van der Waals surface area (Å²) in [6.07, 6.45) is -2.15. The highest BCUT2D eigenvalue weighted by Crippen LogP contribution is 2.28. The Bertz CT molecular complexity index is 822. The number of phenols is 2. The van der Waals surface area contributed by atoms with Gasteiger partial charge in [0, 0.05) is 13.3 Å². The van der Waals surface area contributed by atoms with Crippen molar-refractivity contribution in [3.05, 3.63) is 23.8 Å². The van der Waals surface area contributed by atoms with Crippen LogP contribution < -0.4 is 5.32 Å². The van der Waals surface area contributed by atoms with E-state index < -0.39 is 40.9 Å². The Kier molecular flexibility index (Phi) is 7.94. The van der Waals surface area contributed by atoms with Crippen LogP contribution >= 0.6 is 0 Å². The van der Waals surface area contributed by atoms with Crippen LogP contribution in [0.15, 0.2) is 18.2 Å². The maximum absolute atomic E-state index is 13.0. The Labute approximate surface area is 182 Å². The van der Waals surface area contributed by atoms with Gasteiger partial charge in [0.25, 0.3) is 0 Å². The van der Waals surface area contributed by atoms with Crippen molar-refractivity contribution in [1.29, 1.82) is 0 Å². The van der Waals surface area contributed by atoms with Gasteiger partial charge < -0.3 is 29.7 Å². The fourth-order valence-electron chi connectivity index (χ4n) is 2.42. The molecule has 3 N–H and O–H groups in total. The highest BCUT2D eigenvalue weighted by Gasteiger charge is 2.40. The van der Waals surface area contributed by atoms with Gasteiger partial charge in [-0.2, -0.15) is 0 Å². The van der Waals surface area contributed by atoms with Gasteiger partial charge >= 0.3 is 18.0 Å². The third-order valence-corrected chi connectivity index (χ3v) is 3.98. The Balaban J connectivity index is 3.09. The van der Waals surface area contributed by atoms with Crippen LogP contribution in [0.4, 0.5) is 4.79 Å². The second kappa shape index (κ2) is 9.45. The summed E-state index contributed by atoms with van der Waals surface area (Å²) in [5.41, 5.74) is -2.79. The number of amides is 1. The lowest BCUT2D eigenvalue weighted by Crippen LogP contribution is -2.56. The molecule has 174 valence electrons. The van der Waals surface area contributed by atoms with Crippen LogP contribution in [0.2, 0.25) is 0 Å². The number of alkyl carbamates (subject to hydrolysis) is 1. The topological polar surface area (TPSA) is 131 Å². The first kappa shape index (κ1) is 26.1. The average molecular weight is 440 g/mol. The molecule has 0 aliphatic carbocycles. The normalized spacial score (nSPS) is 14.7. The van der Waals surface area contributed by atoms with Crippen molar-refractivity contribution in [2.45, 2.75) is 79.2 Å². The van der Waals surface area contributed by atoms with Crippen LogP contribution in [-0.4, -0.2) is 45.7 Å². The fraction of sp³-hybridized carbons (Fsp3) is 0.591. The largest absolute Gasteiger partial charge is 0.504 e. The maximum atomic E-state index is 13.0. The van der Waals surface area contributed by atoms with Crippen molar-refractivity contribution in [3.8, 4) is 11.5 Å². The number of carbonyl (C=O) groups is 3. The minimum absolute atomic E-state index is 0.0984. The Morgan fingerprint density at radius 2 is 1.48 bits per heavy atom. The van der Waals surface area contributed by atoms with Crippen LogP contribution in [0, 0.1) is 5.41 Å². The molecule has 0 heterocycles. The van der Waals surface area contributed by atoms with E-state index in [9.17, 15) is 24.6 Å². The zero-order valence-corrected chi connectivity index (χ0v) is 19.4. The van der Waals surface area contributed by atoms with E-state index in [4.69, 9.17) is 14.2 Å². The van der Waals surface area contributed by atoms with E-state index >= 15 is 0 Å². The minimum atomic E-state index is -1.63. The van der Waals surface area contributed by atoms with Gasteiger partial charge in [0.05, 0.1) is 5.41 Å². The molecule has 1 aromatic rings. The predicted octanol–water partition coefficient (Wildman–Crippen LogP) is 3.40. The summed E-state index contributed by atoms with van der Waals surface area (Å²) in [5.74, 6) is -2.13. The quantitative estimate of drug-likeness (QED) is 0.349. The van der Waals surface area contributed by atoms with E-state index in [2.05, 4.69) is 5.32 Å². The van der Waals surface area contributed by atoms with E-state index in [-0.39, 0.29) is 17.9 Å². The number of phenolic OH excluding ortho intramolecular Hbond substituents is 2. The first-order valence-corrected chi connectivity index (χ1v) is 9.87. The Hall–Kier alpha value is -2.97. The van der Waals surface area contributed by atoms with Crippen molar-refractivity contribution in [3.63, 3.8) is 0 Å². The molecule has 0 saturated carbocycles. The molecule has 1 rings (SSSR count). The molecule has 31 heavy (non-hydrogen) atoms. The van der Waals surface area contributed by atoms with E-state index in [1.54, 1.807) is 41.5 Å². The standard InChI is InChI=1S/C22H33NO8/c1-13(29-17(26)20(2,3)4)30-18(27)22(8,23-19(28)31-21(5,6)7)12-14-9-10-15(24)16(25)11-14/h9-11,13,24-25H,12H2,1-8H3,(H,23,28)/t13?,22-/m0/s1. The van der Waals surface area contributed by atoms with Crippen molar-refractivity contribution >= 4 is 18.0 Å². The molecule has 9 heteroatoms. The highest BCUT2D eigenvalue weighted by atomic mass is 16.7. The van der Waals surface area contributed by atoms with Gasteiger partial charge in [-0.1, -0.05) is 6.07 Å². The van der Waals surface area contributed by atoms with Crippen molar-refractivity contribution in [2.24, 2.45) is 5.41 Å². The minimum Gasteiger partial charge on any atom is -0.504 e. The smallest absolute Gasteiger partial charge is 0.408 e. The molecule has 0 saturated heterocycles. The first-order chi connectivity index (χ1) is 13.9. The molecule has 0 radical (unpaired) electrons. The zero-order valence-electron chi connectivity index (χ0n) is 19.4. The summed E-state index contributed by atoms with van der Waals surface area (Å²) in [4.78, 5) is 37.4. The number of aromatic hydroxyl groups is 2. The third-order valence-electron chi connectivity index (χ3n) is 3.98. The summed E-state index contributed by atoms with van der Waals surface area (Å²) < 4.78 is 15.7. The molecule has 1 aromatic carbocycles. The van der Waals surface area contributed by atoms with E-state index in [1.165, 1.54) is 32.0 Å². The summed E-state index contributed by atoms with van der Waals surface area (Å²) in [5, 5.41) is 21.8. The van der Waals surface area contributed by atoms with Crippen molar-refractivity contribution in [1.82, 2.24) is 5.32 Å². The average Bonchev–Trinajstić information content (AvgIpc) is 2.55. The van der Waals surface area contributed by atoms with E-state index in [0.717, 1.165) is 0 Å². The summed E-state index contributed by atoms with van der Waals surface area (Å²) in [6.45, 7) is 12.8. The van der Waals surface area contributed by atoms with Crippen LogP contribution in [-0.2, 0) is 30.2 Å². The summed E-state index contributed by atoms with van der Waals surface area (Å²) >= 11 is 0. The molecular weight excluding hydrogens is 406 g/mol. The molecule has 0 bridgehead atoms. The van der Waals surface area contributed by atoms with Crippen LogP contribution in [0.1, 0.15) is 61.0 Å². The van der Waals surface area contributed by atoms with Crippen molar-refractivity contribution < 1.29 is 38.8 Å². The molecule has 0 aromatic heterocycles. The van der Waals surface area contributed by atoms with Crippen LogP contribution in [0.5, 0.6) is 11.5 Å². The van der Waals surface area contributed by atoms with Gasteiger partial charge in [-0.25, -0.2) is 9.59 Å². The van der Waals surface area contributed by atoms with E-state index in [1.807, 2.05) is 0 Å². The van der Waals surface area contributed by atoms with Crippen molar-refractivity contribution in [2.75, 3.05) is 0 Å². The molecule has 1 unspecified atom stereocenters. The first-order valence-electron chi connectivity index (χ1n) is 9.87. The predicted molar refractivity (Wildman–Crippen MR) is 112 cm³/mol. The molecule has 0 aliphatic heterocycles. The summed E-state index contributed by atoms with van der Waals surface area (Å²) in [7, 11) is 0. The SMILES string of the molecule is CC(OC(=O)C(C)(C)C)OC(=O)[C@](C)(Cc1ccc(O)c(O)c1)NC(=O)OC(C)(C)C. The number of carbonyl (C=O) groups excluding carboxylic acids is 3. The highest BCUT2D eigenvalue weighted by molar-refractivity contribution is 5.86. The van der Waals surface area contributed by atoms with Gasteiger partial charge in [0.1, 0.15) is 11.1 Å². The van der Waals surface area contributed by atoms with Gasteiger partial charge in [-0.3, -0.25) is 4.79 Å². The van der Waals surface area contributed by atoms with Gasteiger partial charge in [0.2, 0.25) is 6.29 Å². The van der Waals surface area contributed by atoms with Crippen LogP contribution in [0.3, 0.4) is 0 Å². The number of hydrogen-bond donors (Lipinski definition) is 3. The number of benzene rings is 1. The second-order valence-corrected chi connectivity index (χ2v) is 9.59. The lowest BCUT2D eigenvalue weighted by atomic mass is 9.92. The third kappa shape index (κ3) is 8.35. The monoisotopic (exact) mass is 439 g/mol. The van der Waals surface area contributed by atoms with Gasteiger partial charge in [-0.05, 0) is 66.2 Å². The zero-order chi connectivity index (χ0) is 24.2. The van der Waals surface area contributed by atoms with Gasteiger partial charge in [0.15, 0.2) is 11.5 Å². The summed E-state index contributed by atoms with van der Waals surface area (Å²) in [6, 6.07) is 4.01. The van der Waals surface area contributed by atoms with Crippen LogP contribution in [0.25, 0.3) is 0 Å². The van der Waals surface area contributed by atoms with E-state index in [0.29, 0.717) is 5.56 Å². The number of esters is 2. The molecule has 0 spiro atoms. The fourth-order valence-corrected chi connectivity index (χ4v) is 2.42. The number of hydrogen-bond acceptors (Lipinski definition) is 8. The molecule has 0 aliphatic rings. The molecule has 9 nitrogen and oxygen atoms in total. The number of nitrogens with one attached hydrogen (secondary N) is 1. The number of rotatable bonds is 6. The number of ether oxygens (including phenoxy) is 3. The molecule has 1 amide bonds. The lowest BCUT2D eigenvalue weighted by molar-refractivity contribution is -0.194. The van der Waals surface area contributed by atoms with Gasteiger partial charge in [-0.15, -0.1) is 0 Å². The lowest BCUT2D eigenvalue weighted by Gasteiger charge is -2.31. The molecular formula is C22H33NO8. The molecule has 2 atom stereocenters. The maximum Gasteiger partial charge on any atom is 0.408 e. The second-order valence-electron chi connectivity index (χ2n) is 9.59.